The molecule has 0 fully saturated rings. The van der Waals surface area contributed by atoms with Gasteiger partial charge in [-0.05, 0) is 48.5 Å². The number of aliphatic imine (C=N–C) groups is 1. The van der Waals surface area contributed by atoms with Gasteiger partial charge in [0.1, 0.15) is 5.82 Å². The van der Waals surface area contributed by atoms with Gasteiger partial charge in [-0.15, -0.1) is 0 Å². The van der Waals surface area contributed by atoms with Crippen LogP contribution in [-0.2, 0) is 35.2 Å². The highest BCUT2D eigenvalue weighted by Crippen LogP contribution is 2.15. The molecule has 0 unspecified atom stereocenters. The molecule has 0 aliphatic rings. The maximum absolute atomic E-state index is 13.7. The van der Waals surface area contributed by atoms with Crippen LogP contribution in [0.2, 0.25) is 0 Å². The molecular weight excluding hydrogens is 391 g/mol. The third kappa shape index (κ3) is 7.83. The van der Waals surface area contributed by atoms with Crippen molar-refractivity contribution in [2.24, 2.45) is 4.99 Å². The van der Waals surface area contributed by atoms with E-state index in [1.807, 2.05) is 26.2 Å². The summed E-state index contributed by atoms with van der Waals surface area (Å²) in [6.07, 6.45) is 1.17. The topological polar surface area (TPSA) is 73.8 Å². The Bertz CT molecular complexity index is 959. The second-order valence-corrected chi connectivity index (χ2v) is 9.41. The first kappa shape index (κ1) is 22.8. The summed E-state index contributed by atoms with van der Waals surface area (Å²) in [6.45, 7) is 1.69. The SMILES string of the molecule is CN=C(NCc1ccccc1CN(C)C)NCc1cc(F)ccc1CS(C)(=O)=O. The van der Waals surface area contributed by atoms with Crippen molar-refractivity contribution in [3.05, 3.63) is 70.5 Å². The average molecular weight is 421 g/mol. The average Bonchev–Trinajstić information content (AvgIpc) is 2.63. The molecule has 0 saturated heterocycles. The molecule has 0 heterocycles. The fraction of sp³-hybridized carbons (Fsp3) is 0.381. The molecule has 0 aliphatic heterocycles. The van der Waals surface area contributed by atoms with Crippen molar-refractivity contribution < 1.29 is 12.8 Å². The zero-order valence-corrected chi connectivity index (χ0v) is 18.2. The van der Waals surface area contributed by atoms with Crippen LogP contribution >= 0.6 is 0 Å². The molecule has 158 valence electrons. The van der Waals surface area contributed by atoms with E-state index in [0.717, 1.165) is 12.1 Å². The summed E-state index contributed by atoms with van der Waals surface area (Å²) < 4.78 is 37.0. The molecule has 2 aromatic rings. The van der Waals surface area contributed by atoms with E-state index < -0.39 is 15.7 Å². The molecule has 2 aromatic carbocycles. The molecule has 0 amide bonds. The second kappa shape index (κ2) is 10.4. The first-order chi connectivity index (χ1) is 13.7. The van der Waals surface area contributed by atoms with Crippen molar-refractivity contribution in [3.63, 3.8) is 0 Å². The lowest BCUT2D eigenvalue weighted by Gasteiger charge is -2.17. The number of rotatable bonds is 8. The summed E-state index contributed by atoms with van der Waals surface area (Å²) in [5, 5.41) is 6.40. The summed E-state index contributed by atoms with van der Waals surface area (Å²) in [7, 11) is 2.49. The number of nitrogens with zero attached hydrogens (tertiary/aromatic N) is 2. The summed E-state index contributed by atoms with van der Waals surface area (Å²) in [5.74, 6) is 0.0210. The molecule has 29 heavy (non-hydrogen) atoms. The molecular formula is C21H29FN4O2S. The Morgan fingerprint density at radius 3 is 2.21 bits per heavy atom. The van der Waals surface area contributed by atoms with Crippen molar-refractivity contribution in [1.29, 1.82) is 0 Å². The Balaban J connectivity index is 2.05. The van der Waals surface area contributed by atoms with Gasteiger partial charge in [0.05, 0.1) is 5.75 Å². The minimum absolute atomic E-state index is 0.131. The highest BCUT2D eigenvalue weighted by atomic mass is 32.2. The lowest BCUT2D eigenvalue weighted by Crippen LogP contribution is -2.36. The van der Waals surface area contributed by atoms with Crippen LogP contribution in [0.3, 0.4) is 0 Å². The molecule has 8 heteroatoms. The van der Waals surface area contributed by atoms with Gasteiger partial charge in [0.2, 0.25) is 0 Å². The number of benzene rings is 2. The maximum Gasteiger partial charge on any atom is 0.191 e. The van der Waals surface area contributed by atoms with Gasteiger partial charge >= 0.3 is 0 Å². The van der Waals surface area contributed by atoms with E-state index in [0.29, 0.717) is 23.6 Å². The Hall–Kier alpha value is -2.45. The Kier molecular flexibility index (Phi) is 8.16. The van der Waals surface area contributed by atoms with Crippen molar-refractivity contribution in [2.45, 2.75) is 25.4 Å². The zero-order valence-electron chi connectivity index (χ0n) is 17.4. The quantitative estimate of drug-likeness (QED) is 0.506. The molecule has 0 spiro atoms. The predicted molar refractivity (Wildman–Crippen MR) is 116 cm³/mol. The smallest absolute Gasteiger partial charge is 0.191 e. The third-order valence-electron chi connectivity index (χ3n) is 4.31. The van der Waals surface area contributed by atoms with Crippen LogP contribution in [0.15, 0.2) is 47.5 Å². The maximum atomic E-state index is 13.7. The minimum atomic E-state index is -3.22. The van der Waals surface area contributed by atoms with Crippen LogP contribution in [0.25, 0.3) is 0 Å². The van der Waals surface area contributed by atoms with Crippen molar-refractivity contribution in [1.82, 2.24) is 15.5 Å². The van der Waals surface area contributed by atoms with Gasteiger partial charge in [0, 0.05) is 32.9 Å². The standard InChI is InChI=1S/C21H29FN4O2S/c1-23-21(24-12-16-7-5-6-8-17(16)14-26(2)3)25-13-19-11-20(22)10-9-18(19)15-29(4,27)28/h5-11H,12-15H2,1-4H3,(H2,23,24,25). The van der Waals surface area contributed by atoms with Gasteiger partial charge in [-0.2, -0.15) is 0 Å². The first-order valence-corrected chi connectivity index (χ1v) is 11.3. The van der Waals surface area contributed by atoms with Crippen molar-refractivity contribution in [2.75, 3.05) is 27.4 Å². The van der Waals surface area contributed by atoms with E-state index in [9.17, 15) is 12.8 Å². The number of guanidine groups is 1. The second-order valence-electron chi connectivity index (χ2n) is 7.27. The van der Waals surface area contributed by atoms with E-state index >= 15 is 0 Å². The Morgan fingerprint density at radius 1 is 1.00 bits per heavy atom. The van der Waals surface area contributed by atoms with Crippen LogP contribution in [0.4, 0.5) is 4.39 Å². The Labute approximate surface area is 172 Å². The minimum Gasteiger partial charge on any atom is -0.352 e. The molecule has 0 aliphatic carbocycles. The van der Waals surface area contributed by atoms with E-state index in [1.165, 1.54) is 30.0 Å². The summed E-state index contributed by atoms with van der Waals surface area (Å²) in [5.41, 5.74) is 3.55. The molecule has 0 atom stereocenters. The third-order valence-corrected chi connectivity index (χ3v) is 5.14. The zero-order chi connectivity index (χ0) is 21.4. The van der Waals surface area contributed by atoms with Gasteiger partial charge in [-0.1, -0.05) is 30.3 Å². The largest absolute Gasteiger partial charge is 0.352 e. The van der Waals surface area contributed by atoms with Gasteiger partial charge in [0.25, 0.3) is 0 Å². The lowest BCUT2D eigenvalue weighted by molar-refractivity contribution is 0.400. The monoisotopic (exact) mass is 420 g/mol. The summed E-state index contributed by atoms with van der Waals surface area (Å²) in [6, 6.07) is 12.3. The van der Waals surface area contributed by atoms with Crippen LogP contribution in [0.5, 0.6) is 0 Å². The molecule has 2 rings (SSSR count). The van der Waals surface area contributed by atoms with E-state index in [2.05, 4.69) is 32.7 Å². The summed E-state index contributed by atoms with van der Waals surface area (Å²) in [4.78, 5) is 6.32. The number of halogens is 1. The lowest BCUT2D eigenvalue weighted by atomic mass is 10.1. The number of nitrogens with one attached hydrogen (secondary N) is 2. The number of hydrogen-bond donors (Lipinski definition) is 2. The predicted octanol–water partition coefficient (Wildman–Crippen LogP) is 2.30. The van der Waals surface area contributed by atoms with E-state index in [-0.39, 0.29) is 12.3 Å². The molecule has 0 saturated carbocycles. The van der Waals surface area contributed by atoms with Crippen molar-refractivity contribution in [3.8, 4) is 0 Å². The van der Waals surface area contributed by atoms with Gasteiger partial charge in [-0.3, -0.25) is 4.99 Å². The molecule has 6 nitrogen and oxygen atoms in total. The van der Waals surface area contributed by atoms with Crippen LogP contribution < -0.4 is 10.6 Å². The molecule has 0 bridgehead atoms. The number of sulfone groups is 1. The first-order valence-electron chi connectivity index (χ1n) is 9.29. The normalized spacial score (nSPS) is 12.3. The van der Waals surface area contributed by atoms with Crippen LogP contribution in [-0.4, -0.2) is 46.7 Å². The Morgan fingerprint density at radius 2 is 1.62 bits per heavy atom. The van der Waals surface area contributed by atoms with Crippen LogP contribution in [0.1, 0.15) is 22.3 Å². The fourth-order valence-electron chi connectivity index (χ4n) is 2.99. The van der Waals surface area contributed by atoms with Crippen molar-refractivity contribution >= 4 is 15.8 Å². The van der Waals surface area contributed by atoms with Gasteiger partial charge < -0.3 is 15.5 Å². The van der Waals surface area contributed by atoms with E-state index in [1.54, 1.807) is 7.05 Å². The number of hydrogen-bond acceptors (Lipinski definition) is 4. The molecule has 0 aromatic heterocycles. The fourth-order valence-corrected chi connectivity index (χ4v) is 3.83. The molecule has 2 N–H and O–H groups in total. The van der Waals surface area contributed by atoms with Crippen LogP contribution in [0, 0.1) is 5.82 Å². The summed E-state index contributed by atoms with van der Waals surface area (Å²) >= 11 is 0. The highest BCUT2D eigenvalue weighted by molar-refractivity contribution is 7.89. The van der Waals surface area contributed by atoms with Gasteiger partial charge in [-0.25, -0.2) is 12.8 Å². The molecule has 0 radical (unpaired) electrons. The van der Waals surface area contributed by atoms with Gasteiger partial charge in [0.15, 0.2) is 15.8 Å². The highest BCUT2D eigenvalue weighted by Gasteiger charge is 2.11. The van der Waals surface area contributed by atoms with E-state index in [4.69, 9.17) is 0 Å².